The van der Waals surface area contributed by atoms with Crippen molar-refractivity contribution in [3.63, 3.8) is 0 Å². The van der Waals surface area contributed by atoms with Gasteiger partial charge in [0.25, 0.3) is 10.0 Å². The molecular weight excluding hydrogens is 354 g/mol. The van der Waals surface area contributed by atoms with Gasteiger partial charge in [-0.3, -0.25) is 4.72 Å². The minimum Gasteiger partial charge on any atom is -0.495 e. The number of anilines is 1. The quantitative estimate of drug-likeness (QED) is 0.742. The van der Waals surface area contributed by atoms with Crippen LogP contribution in [0.25, 0.3) is 0 Å². The molecule has 0 amide bonds. The number of carbonyl (C=O) groups excluding carboxylic acids is 1. The van der Waals surface area contributed by atoms with Crippen molar-refractivity contribution in [2.45, 2.75) is 31.6 Å². The monoisotopic (exact) mass is 377 g/mol. The van der Waals surface area contributed by atoms with Crippen LogP contribution in [0.5, 0.6) is 5.75 Å². The summed E-state index contributed by atoms with van der Waals surface area (Å²) in [4.78, 5) is 11.7. The second-order valence-corrected chi connectivity index (χ2v) is 7.62. The molecular formula is C19H23NO5S. The zero-order valence-corrected chi connectivity index (χ0v) is 16.1. The van der Waals surface area contributed by atoms with Gasteiger partial charge in [-0.2, -0.15) is 0 Å². The van der Waals surface area contributed by atoms with Gasteiger partial charge in [-0.25, -0.2) is 13.2 Å². The zero-order chi connectivity index (χ0) is 19.3. The van der Waals surface area contributed by atoms with E-state index < -0.39 is 16.0 Å². The van der Waals surface area contributed by atoms with Crippen LogP contribution in [0.15, 0.2) is 47.4 Å². The highest BCUT2D eigenvalue weighted by Gasteiger charge is 2.21. The first-order valence-electron chi connectivity index (χ1n) is 8.26. The van der Waals surface area contributed by atoms with Crippen molar-refractivity contribution in [3.05, 3.63) is 53.6 Å². The molecule has 0 fully saturated rings. The molecule has 0 bridgehead atoms. The number of sulfonamides is 1. The number of benzene rings is 2. The van der Waals surface area contributed by atoms with Crippen LogP contribution in [0.3, 0.4) is 0 Å². The first kappa shape index (κ1) is 19.8. The van der Waals surface area contributed by atoms with Gasteiger partial charge in [0.15, 0.2) is 0 Å². The second-order valence-electron chi connectivity index (χ2n) is 5.97. The van der Waals surface area contributed by atoms with Crippen LogP contribution in [0.4, 0.5) is 5.69 Å². The molecule has 26 heavy (non-hydrogen) atoms. The van der Waals surface area contributed by atoms with E-state index in [9.17, 15) is 13.2 Å². The fourth-order valence-corrected chi connectivity index (χ4v) is 3.63. The van der Waals surface area contributed by atoms with Crippen molar-refractivity contribution < 1.29 is 22.7 Å². The van der Waals surface area contributed by atoms with E-state index in [1.54, 1.807) is 19.1 Å². The smallest absolute Gasteiger partial charge is 0.338 e. The number of esters is 1. The lowest BCUT2D eigenvalue weighted by Crippen LogP contribution is -2.15. The number of hydrogen-bond donors (Lipinski definition) is 1. The molecule has 2 aromatic rings. The normalized spacial score (nSPS) is 11.3. The first-order chi connectivity index (χ1) is 12.3. The number of hydrogen-bond acceptors (Lipinski definition) is 5. The fourth-order valence-electron chi connectivity index (χ4n) is 2.36. The Balaban J connectivity index is 2.31. The summed E-state index contributed by atoms with van der Waals surface area (Å²) in [6, 6.07) is 11.2. The molecule has 2 rings (SSSR count). The molecule has 0 spiro atoms. The summed E-state index contributed by atoms with van der Waals surface area (Å²) < 4.78 is 38.2. The Hall–Kier alpha value is -2.54. The molecule has 0 heterocycles. The molecule has 0 aromatic heterocycles. The van der Waals surface area contributed by atoms with Crippen molar-refractivity contribution in [1.29, 1.82) is 0 Å². The summed E-state index contributed by atoms with van der Waals surface area (Å²) >= 11 is 0. The molecule has 0 unspecified atom stereocenters. The van der Waals surface area contributed by atoms with Gasteiger partial charge in [-0.05, 0) is 54.8 Å². The molecule has 0 aliphatic heterocycles. The maximum absolute atomic E-state index is 12.8. The van der Waals surface area contributed by atoms with Crippen LogP contribution in [-0.2, 0) is 14.8 Å². The number of ether oxygens (including phenoxy) is 2. The van der Waals surface area contributed by atoms with E-state index in [2.05, 4.69) is 4.72 Å². The average Bonchev–Trinajstić information content (AvgIpc) is 2.61. The summed E-state index contributed by atoms with van der Waals surface area (Å²) in [7, 11) is -2.42. The average molecular weight is 377 g/mol. The molecule has 0 radical (unpaired) electrons. The van der Waals surface area contributed by atoms with E-state index in [0.29, 0.717) is 11.3 Å². The van der Waals surface area contributed by atoms with Crippen molar-refractivity contribution in [3.8, 4) is 5.75 Å². The van der Waals surface area contributed by atoms with E-state index >= 15 is 0 Å². The van der Waals surface area contributed by atoms with Crippen LogP contribution in [-0.4, -0.2) is 28.1 Å². The van der Waals surface area contributed by atoms with Crippen LogP contribution < -0.4 is 9.46 Å². The van der Waals surface area contributed by atoms with Gasteiger partial charge in [0.2, 0.25) is 0 Å². The van der Waals surface area contributed by atoms with Gasteiger partial charge in [0, 0.05) is 5.69 Å². The molecule has 0 atom stereocenters. The minimum atomic E-state index is -3.85. The highest BCUT2D eigenvalue weighted by molar-refractivity contribution is 7.92. The molecule has 0 saturated carbocycles. The molecule has 2 aromatic carbocycles. The molecule has 0 saturated heterocycles. The third-order valence-electron chi connectivity index (χ3n) is 3.79. The Morgan fingerprint density at radius 2 is 1.77 bits per heavy atom. The van der Waals surface area contributed by atoms with Gasteiger partial charge in [-0.15, -0.1) is 0 Å². The maximum Gasteiger partial charge on any atom is 0.338 e. The van der Waals surface area contributed by atoms with Crippen LogP contribution in [0.1, 0.15) is 42.6 Å². The standard InChI is InChI=1S/C19H23NO5S/c1-5-25-19(21)14-6-9-16(10-7-14)20-26(22,23)18-12-15(13(2)3)8-11-17(18)24-4/h6-13,20H,5H2,1-4H3. The van der Waals surface area contributed by atoms with Crippen molar-refractivity contribution in [2.75, 3.05) is 18.4 Å². The summed E-state index contributed by atoms with van der Waals surface area (Å²) in [6.45, 7) is 5.97. The highest BCUT2D eigenvalue weighted by Crippen LogP contribution is 2.29. The molecule has 140 valence electrons. The lowest BCUT2D eigenvalue weighted by Gasteiger charge is -2.14. The number of methoxy groups -OCH3 is 1. The van der Waals surface area contributed by atoms with Crippen LogP contribution >= 0.6 is 0 Å². The van der Waals surface area contributed by atoms with Crippen molar-refractivity contribution in [2.24, 2.45) is 0 Å². The number of carbonyl (C=O) groups is 1. The predicted octanol–water partition coefficient (Wildman–Crippen LogP) is 3.80. The highest BCUT2D eigenvalue weighted by atomic mass is 32.2. The molecule has 0 aliphatic carbocycles. The number of nitrogens with one attached hydrogen (secondary N) is 1. The third kappa shape index (κ3) is 4.54. The predicted molar refractivity (Wildman–Crippen MR) is 100 cm³/mol. The van der Waals surface area contributed by atoms with Gasteiger partial charge in [0.1, 0.15) is 10.6 Å². The lowest BCUT2D eigenvalue weighted by molar-refractivity contribution is 0.0526. The SMILES string of the molecule is CCOC(=O)c1ccc(NS(=O)(=O)c2cc(C(C)C)ccc2OC)cc1. The second kappa shape index (κ2) is 8.23. The Kier molecular flexibility index (Phi) is 6.26. The molecule has 7 heteroatoms. The molecule has 6 nitrogen and oxygen atoms in total. The van der Waals surface area contributed by atoms with Gasteiger partial charge >= 0.3 is 5.97 Å². The summed E-state index contributed by atoms with van der Waals surface area (Å²) in [5, 5.41) is 0. The minimum absolute atomic E-state index is 0.0701. The molecule has 1 N–H and O–H groups in total. The van der Waals surface area contributed by atoms with E-state index in [1.165, 1.54) is 31.4 Å². The van der Waals surface area contributed by atoms with Crippen LogP contribution in [0.2, 0.25) is 0 Å². The van der Waals surface area contributed by atoms with Crippen LogP contribution in [0, 0.1) is 0 Å². The van der Waals surface area contributed by atoms with E-state index in [4.69, 9.17) is 9.47 Å². The van der Waals surface area contributed by atoms with E-state index in [-0.39, 0.29) is 23.2 Å². The van der Waals surface area contributed by atoms with Gasteiger partial charge < -0.3 is 9.47 Å². The summed E-state index contributed by atoms with van der Waals surface area (Å²) in [5.41, 5.74) is 1.59. The lowest BCUT2D eigenvalue weighted by atomic mass is 10.0. The largest absolute Gasteiger partial charge is 0.495 e. The zero-order valence-electron chi connectivity index (χ0n) is 15.3. The number of rotatable bonds is 7. The summed E-state index contributed by atoms with van der Waals surface area (Å²) in [6.07, 6.45) is 0. The fraction of sp³-hybridized carbons (Fsp3) is 0.316. The van der Waals surface area contributed by atoms with Crippen molar-refractivity contribution in [1.82, 2.24) is 0 Å². The Morgan fingerprint density at radius 1 is 1.12 bits per heavy atom. The third-order valence-corrected chi connectivity index (χ3v) is 5.19. The summed E-state index contributed by atoms with van der Waals surface area (Å²) in [5.74, 6) is -0.00280. The topological polar surface area (TPSA) is 81.7 Å². The van der Waals surface area contributed by atoms with Gasteiger partial charge in [0.05, 0.1) is 19.3 Å². The Labute approximate surface area is 154 Å². The maximum atomic E-state index is 12.8. The first-order valence-corrected chi connectivity index (χ1v) is 9.74. The van der Waals surface area contributed by atoms with E-state index in [0.717, 1.165) is 5.56 Å². The van der Waals surface area contributed by atoms with E-state index in [1.807, 2.05) is 19.9 Å². The Bertz CT molecular complexity index is 873. The van der Waals surface area contributed by atoms with Crippen molar-refractivity contribution >= 4 is 21.7 Å². The van der Waals surface area contributed by atoms with Gasteiger partial charge in [-0.1, -0.05) is 19.9 Å². The molecule has 0 aliphatic rings. The Morgan fingerprint density at radius 3 is 2.31 bits per heavy atom.